The highest BCUT2D eigenvalue weighted by Crippen LogP contribution is 2.37. The van der Waals surface area contributed by atoms with Crippen LogP contribution in [0.2, 0.25) is 5.02 Å². The van der Waals surface area contributed by atoms with Gasteiger partial charge in [-0.05, 0) is 24.6 Å². The molecule has 0 aliphatic rings. The average molecular weight is 269 g/mol. The monoisotopic (exact) mass is 268 g/mol. The van der Waals surface area contributed by atoms with E-state index in [1.165, 1.54) is 11.3 Å². The predicted molar refractivity (Wildman–Crippen MR) is 71.2 cm³/mol. The number of halogens is 1. The number of aromatic nitrogens is 1. The summed E-state index contributed by atoms with van der Waals surface area (Å²) in [5.41, 5.74) is 0.828. The van der Waals surface area contributed by atoms with Crippen LogP contribution in [0.5, 0.6) is 0 Å². The standard InChI is InChI=1S/C11H9ClN2S2/c1-2-11(15,6-13)10-14-8-5-7(12)3-4-9(8)16-10/h3-5,15H,2H2,1H3. The van der Waals surface area contributed by atoms with Crippen molar-refractivity contribution in [2.24, 2.45) is 0 Å². The molecule has 82 valence electrons. The number of fused-ring (bicyclic) bond motifs is 1. The van der Waals surface area contributed by atoms with Crippen LogP contribution in [-0.2, 0) is 4.75 Å². The van der Waals surface area contributed by atoms with E-state index in [4.69, 9.17) is 16.9 Å². The number of nitrogens with zero attached hydrogens (tertiary/aromatic N) is 2. The molecule has 1 heterocycles. The van der Waals surface area contributed by atoms with Gasteiger partial charge in [-0.1, -0.05) is 18.5 Å². The molecule has 2 aromatic rings. The Bertz CT molecular complexity index is 573. The number of thiazole rings is 1. The van der Waals surface area contributed by atoms with Crippen molar-refractivity contribution in [2.75, 3.05) is 0 Å². The summed E-state index contributed by atoms with van der Waals surface area (Å²) < 4.78 is 0.234. The Hall–Kier alpha value is -0.760. The first-order chi connectivity index (χ1) is 7.59. The molecule has 0 amide bonds. The van der Waals surface area contributed by atoms with E-state index in [9.17, 15) is 0 Å². The van der Waals surface area contributed by atoms with Gasteiger partial charge >= 0.3 is 0 Å². The van der Waals surface area contributed by atoms with Crippen molar-refractivity contribution in [1.82, 2.24) is 4.98 Å². The fourth-order valence-electron chi connectivity index (χ4n) is 1.36. The summed E-state index contributed by atoms with van der Waals surface area (Å²) in [4.78, 5) is 4.42. The number of benzene rings is 1. The molecule has 1 aromatic heterocycles. The lowest BCUT2D eigenvalue weighted by atomic mass is 10.1. The summed E-state index contributed by atoms with van der Waals surface area (Å²) in [7, 11) is 0. The lowest BCUT2D eigenvalue weighted by molar-refractivity contribution is 0.752. The van der Waals surface area contributed by atoms with E-state index in [0.29, 0.717) is 11.4 Å². The van der Waals surface area contributed by atoms with Gasteiger partial charge in [0.05, 0.1) is 16.3 Å². The van der Waals surface area contributed by atoms with Crippen molar-refractivity contribution in [3.05, 3.63) is 28.2 Å². The van der Waals surface area contributed by atoms with E-state index in [0.717, 1.165) is 15.2 Å². The highest BCUT2D eigenvalue weighted by atomic mass is 35.5. The van der Waals surface area contributed by atoms with Crippen LogP contribution in [0, 0.1) is 11.3 Å². The van der Waals surface area contributed by atoms with Crippen LogP contribution in [-0.4, -0.2) is 4.98 Å². The van der Waals surface area contributed by atoms with E-state index in [1.54, 1.807) is 6.07 Å². The van der Waals surface area contributed by atoms with Gasteiger partial charge in [-0.3, -0.25) is 0 Å². The molecule has 5 heteroatoms. The van der Waals surface area contributed by atoms with Gasteiger partial charge in [0, 0.05) is 5.02 Å². The van der Waals surface area contributed by atoms with E-state index >= 15 is 0 Å². The second kappa shape index (κ2) is 4.25. The maximum atomic E-state index is 9.13. The summed E-state index contributed by atoms with van der Waals surface area (Å²) in [6, 6.07) is 7.74. The Kier molecular flexibility index (Phi) is 3.11. The Morgan fingerprint density at radius 3 is 3.00 bits per heavy atom. The summed E-state index contributed by atoms with van der Waals surface area (Å²) in [5, 5.41) is 10.5. The van der Waals surface area contributed by atoms with E-state index in [-0.39, 0.29) is 0 Å². The molecule has 0 saturated heterocycles. The molecule has 0 radical (unpaired) electrons. The van der Waals surface area contributed by atoms with Crippen molar-refractivity contribution in [1.29, 1.82) is 5.26 Å². The number of rotatable bonds is 2. The van der Waals surface area contributed by atoms with Gasteiger partial charge < -0.3 is 0 Å². The predicted octanol–water partition coefficient (Wildman–Crippen LogP) is 4.01. The third-order valence-electron chi connectivity index (χ3n) is 2.40. The van der Waals surface area contributed by atoms with Gasteiger partial charge in [-0.15, -0.1) is 11.3 Å². The SMILES string of the molecule is CCC(S)(C#N)c1nc2cc(Cl)ccc2s1. The van der Waals surface area contributed by atoms with Crippen molar-refractivity contribution in [2.45, 2.75) is 18.1 Å². The molecule has 0 saturated carbocycles. The Morgan fingerprint density at radius 2 is 2.38 bits per heavy atom. The molecule has 0 bridgehead atoms. The maximum absolute atomic E-state index is 9.13. The molecular weight excluding hydrogens is 260 g/mol. The summed E-state index contributed by atoms with van der Waals surface area (Å²) in [6.07, 6.45) is 0.625. The highest BCUT2D eigenvalue weighted by molar-refractivity contribution is 7.81. The van der Waals surface area contributed by atoms with E-state index in [1.807, 2.05) is 19.1 Å². The van der Waals surface area contributed by atoms with E-state index < -0.39 is 4.75 Å². The van der Waals surface area contributed by atoms with Crippen LogP contribution < -0.4 is 0 Å². The van der Waals surface area contributed by atoms with Crippen LogP contribution in [0.25, 0.3) is 10.2 Å². The van der Waals surface area contributed by atoms with Gasteiger partial charge in [0.15, 0.2) is 4.75 Å². The largest absolute Gasteiger partial charge is 0.238 e. The number of hydrogen-bond acceptors (Lipinski definition) is 4. The van der Waals surface area contributed by atoms with Gasteiger partial charge in [0.2, 0.25) is 0 Å². The summed E-state index contributed by atoms with van der Waals surface area (Å²) in [6.45, 7) is 1.93. The van der Waals surface area contributed by atoms with Crippen LogP contribution in [0.1, 0.15) is 18.4 Å². The van der Waals surface area contributed by atoms with Crippen LogP contribution in [0.4, 0.5) is 0 Å². The van der Waals surface area contributed by atoms with Crippen molar-refractivity contribution >= 4 is 45.8 Å². The maximum Gasteiger partial charge on any atom is 0.151 e. The lowest BCUT2D eigenvalue weighted by Gasteiger charge is -2.13. The second-order valence-corrected chi connectivity index (χ2v) is 5.69. The average Bonchev–Trinajstić information content (AvgIpc) is 2.71. The normalized spacial score (nSPS) is 14.6. The molecule has 0 spiro atoms. The Labute approximate surface area is 108 Å². The molecule has 16 heavy (non-hydrogen) atoms. The van der Waals surface area contributed by atoms with Gasteiger partial charge in [-0.2, -0.15) is 17.9 Å². The lowest BCUT2D eigenvalue weighted by Crippen LogP contribution is -2.13. The molecule has 0 fully saturated rings. The number of nitriles is 1. The zero-order valence-corrected chi connectivity index (χ0v) is 11.0. The molecule has 2 rings (SSSR count). The Balaban J connectivity index is 2.60. The first-order valence-electron chi connectivity index (χ1n) is 4.79. The fourth-order valence-corrected chi connectivity index (χ4v) is 2.77. The van der Waals surface area contributed by atoms with Gasteiger partial charge in [0.1, 0.15) is 5.01 Å². The first kappa shape index (κ1) is 11.7. The first-order valence-corrected chi connectivity index (χ1v) is 6.43. The van der Waals surface area contributed by atoms with Gasteiger partial charge in [-0.25, -0.2) is 4.98 Å². The Morgan fingerprint density at radius 1 is 1.62 bits per heavy atom. The highest BCUT2D eigenvalue weighted by Gasteiger charge is 2.29. The third kappa shape index (κ3) is 1.91. The minimum absolute atomic E-state index is 0.625. The molecular formula is C11H9ClN2S2. The number of hydrogen-bond donors (Lipinski definition) is 1. The molecule has 1 aromatic carbocycles. The van der Waals surface area contributed by atoms with Crippen LogP contribution >= 0.6 is 35.6 Å². The topological polar surface area (TPSA) is 36.7 Å². The third-order valence-corrected chi connectivity index (χ3v) is 4.61. The summed E-state index contributed by atoms with van der Waals surface area (Å²) in [5.74, 6) is 0. The summed E-state index contributed by atoms with van der Waals surface area (Å²) >= 11 is 11.8. The minimum atomic E-state index is -0.795. The molecule has 0 aliphatic carbocycles. The van der Waals surface area contributed by atoms with Crippen LogP contribution in [0.3, 0.4) is 0 Å². The fraction of sp³-hybridized carbons (Fsp3) is 0.273. The quantitative estimate of drug-likeness (QED) is 0.836. The smallest absolute Gasteiger partial charge is 0.151 e. The van der Waals surface area contributed by atoms with Gasteiger partial charge in [0.25, 0.3) is 0 Å². The van der Waals surface area contributed by atoms with Crippen molar-refractivity contribution < 1.29 is 0 Å². The van der Waals surface area contributed by atoms with Crippen LogP contribution in [0.15, 0.2) is 18.2 Å². The molecule has 2 nitrogen and oxygen atoms in total. The number of thiol groups is 1. The zero-order chi connectivity index (χ0) is 11.8. The second-order valence-electron chi connectivity index (χ2n) is 3.46. The van der Waals surface area contributed by atoms with Crippen molar-refractivity contribution in [3.8, 4) is 6.07 Å². The molecule has 1 unspecified atom stereocenters. The zero-order valence-electron chi connectivity index (χ0n) is 8.57. The molecule has 1 atom stereocenters. The molecule has 0 N–H and O–H groups in total. The van der Waals surface area contributed by atoms with E-state index in [2.05, 4.69) is 23.7 Å². The molecule has 0 aliphatic heterocycles. The minimum Gasteiger partial charge on any atom is -0.238 e. The van der Waals surface area contributed by atoms with Crippen molar-refractivity contribution in [3.63, 3.8) is 0 Å².